The molecule has 2 rings (SSSR count). The van der Waals surface area contributed by atoms with Gasteiger partial charge in [0.15, 0.2) is 0 Å². The van der Waals surface area contributed by atoms with Crippen molar-refractivity contribution < 1.29 is 4.42 Å². The second-order valence-electron chi connectivity index (χ2n) is 5.72. The van der Waals surface area contributed by atoms with Crippen LogP contribution in [-0.4, -0.2) is 23.3 Å². The molecule has 0 radical (unpaired) electrons. The fraction of sp³-hybridized carbons (Fsp3) is 0.846. The topological polar surface area (TPSA) is 63.0 Å². The molecule has 1 aromatic heterocycles. The Kier molecular flexibility index (Phi) is 4.58. The molecule has 1 atom stereocenters. The van der Waals surface area contributed by atoms with Crippen molar-refractivity contribution in [2.75, 3.05) is 18.4 Å². The summed E-state index contributed by atoms with van der Waals surface area (Å²) in [4.78, 5) is 0. The minimum Gasteiger partial charge on any atom is -0.407 e. The van der Waals surface area contributed by atoms with E-state index in [9.17, 15) is 0 Å². The van der Waals surface area contributed by atoms with E-state index in [0.29, 0.717) is 30.3 Å². The average molecular weight is 252 g/mol. The van der Waals surface area contributed by atoms with E-state index in [-0.39, 0.29) is 0 Å². The first-order valence-electron chi connectivity index (χ1n) is 6.92. The number of hydrogen-bond donors (Lipinski definition) is 2. The average Bonchev–Trinajstić information content (AvgIpc) is 3.08. The molecule has 5 heteroatoms. The molecule has 102 valence electrons. The van der Waals surface area contributed by atoms with Gasteiger partial charge >= 0.3 is 6.01 Å². The quantitative estimate of drug-likeness (QED) is 0.743. The van der Waals surface area contributed by atoms with Crippen LogP contribution in [0.25, 0.3) is 0 Å². The van der Waals surface area contributed by atoms with Crippen LogP contribution in [0.4, 0.5) is 6.01 Å². The Bertz CT molecular complexity index is 360. The molecule has 0 bridgehead atoms. The lowest BCUT2D eigenvalue weighted by Gasteiger charge is -2.08. The van der Waals surface area contributed by atoms with Crippen LogP contribution in [0.2, 0.25) is 0 Å². The van der Waals surface area contributed by atoms with Crippen molar-refractivity contribution in [2.45, 2.75) is 40.2 Å². The maximum atomic E-state index is 5.52. The SMILES string of the molecule is CC(C)CNCc1nnc(NCC(C)C2CC2)o1. The number of rotatable bonds is 8. The zero-order valence-electron chi connectivity index (χ0n) is 11.6. The molecular formula is C13H24N4O. The summed E-state index contributed by atoms with van der Waals surface area (Å²) in [5.41, 5.74) is 0. The Morgan fingerprint density at radius 3 is 2.67 bits per heavy atom. The van der Waals surface area contributed by atoms with E-state index >= 15 is 0 Å². The van der Waals surface area contributed by atoms with Crippen LogP contribution in [0.15, 0.2) is 4.42 Å². The molecule has 1 heterocycles. The third-order valence-corrected chi connectivity index (χ3v) is 3.30. The standard InChI is InChI=1S/C13H24N4O/c1-9(2)6-14-8-12-16-17-13(18-12)15-7-10(3)11-4-5-11/h9-11,14H,4-8H2,1-3H3,(H,15,17). The first-order valence-corrected chi connectivity index (χ1v) is 6.92. The molecule has 0 saturated heterocycles. The van der Waals surface area contributed by atoms with Crippen molar-refractivity contribution >= 4 is 6.01 Å². The lowest BCUT2D eigenvalue weighted by molar-refractivity contribution is 0.453. The summed E-state index contributed by atoms with van der Waals surface area (Å²) in [5.74, 6) is 2.87. The van der Waals surface area contributed by atoms with Crippen LogP contribution in [0.5, 0.6) is 0 Å². The van der Waals surface area contributed by atoms with Gasteiger partial charge < -0.3 is 15.1 Å². The van der Waals surface area contributed by atoms with Crippen LogP contribution in [0.3, 0.4) is 0 Å². The molecule has 0 spiro atoms. The van der Waals surface area contributed by atoms with Gasteiger partial charge in [-0.3, -0.25) is 0 Å². The number of anilines is 1. The van der Waals surface area contributed by atoms with Gasteiger partial charge in [-0.25, -0.2) is 0 Å². The van der Waals surface area contributed by atoms with Gasteiger partial charge in [0, 0.05) is 6.54 Å². The molecular weight excluding hydrogens is 228 g/mol. The van der Waals surface area contributed by atoms with Crippen molar-refractivity contribution in [2.24, 2.45) is 17.8 Å². The van der Waals surface area contributed by atoms with Crippen molar-refractivity contribution in [1.82, 2.24) is 15.5 Å². The van der Waals surface area contributed by atoms with Gasteiger partial charge in [-0.15, -0.1) is 5.10 Å². The van der Waals surface area contributed by atoms with E-state index in [2.05, 4.69) is 41.6 Å². The van der Waals surface area contributed by atoms with Gasteiger partial charge in [0.2, 0.25) is 5.89 Å². The second kappa shape index (κ2) is 6.18. The molecule has 0 aliphatic heterocycles. The van der Waals surface area contributed by atoms with E-state index in [0.717, 1.165) is 19.0 Å². The van der Waals surface area contributed by atoms with Crippen LogP contribution < -0.4 is 10.6 Å². The van der Waals surface area contributed by atoms with Crippen LogP contribution in [-0.2, 0) is 6.54 Å². The maximum Gasteiger partial charge on any atom is 0.315 e. The highest BCUT2D eigenvalue weighted by Gasteiger charge is 2.27. The fourth-order valence-corrected chi connectivity index (χ4v) is 1.94. The molecule has 5 nitrogen and oxygen atoms in total. The summed E-state index contributed by atoms with van der Waals surface area (Å²) in [7, 11) is 0. The van der Waals surface area contributed by atoms with Gasteiger partial charge in [0.25, 0.3) is 0 Å². The molecule has 1 aromatic rings. The Balaban J connectivity index is 1.68. The Morgan fingerprint density at radius 1 is 1.22 bits per heavy atom. The molecule has 1 fully saturated rings. The molecule has 1 saturated carbocycles. The normalized spacial score (nSPS) is 17.1. The van der Waals surface area contributed by atoms with Crippen molar-refractivity contribution in [1.29, 1.82) is 0 Å². The van der Waals surface area contributed by atoms with Gasteiger partial charge in [0.05, 0.1) is 6.54 Å². The van der Waals surface area contributed by atoms with E-state index in [4.69, 9.17) is 4.42 Å². The molecule has 2 N–H and O–H groups in total. The Labute approximate surface area is 109 Å². The summed E-state index contributed by atoms with van der Waals surface area (Å²) in [6.45, 7) is 9.15. The fourth-order valence-electron chi connectivity index (χ4n) is 1.94. The number of hydrogen-bond acceptors (Lipinski definition) is 5. The maximum absolute atomic E-state index is 5.52. The smallest absolute Gasteiger partial charge is 0.315 e. The monoisotopic (exact) mass is 252 g/mol. The Morgan fingerprint density at radius 2 is 2.00 bits per heavy atom. The van der Waals surface area contributed by atoms with Gasteiger partial charge in [-0.1, -0.05) is 25.9 Å². The predicted molar refractivity (Wildman–Crippen MR) is 71.2 cm³/mol. The molecule has 1 unspecified atom stereocenters. The van der Waals surface area contributed by atoms with Crippen molar-refractivity contribution in [3.63, 3.8) is 0 Å². The van der Waals surface area contributed by atoms with Crippen molar-refractivity contribution in [3.8, 4) is 0 Å². The zero-order valence-corrected chi connectivity index (χ0v) is 11.6. The summed E-state index contributed by atoms with van der Waals surface area (Å²) in [6.07, 6.45) is 2.74. The highest BCUT2D eigenvalue weighted by atomic mass is 16.4. The van der Waals surface area contributed by atoms with Gasteiger partial charge in [-0.05, 0) is 37.1 Å². The Hall–Kier alpha value is -1.10. The second-order valence-corrected chi connectivity index (χ2v) is 5.72. The zero-order chi connectivity index (χ0) is 13.0. The minimum atomic E-state index is 0.545. The lowest BCUT2D eigenvalue weighted by Crippen LogP contribution is -2.19. The third kappa shape index (κ3) is 4.29. The van der Waals surface area contributed by atoms with Gasteiger partial charge in [-0.2, -0.15) is 0 Å². The van der Waals surface area contributed by atoms with Crippen LogP contribution in [0, 0.1) is 17.8 Å². The highest BCUT2D eigenvalue weighted by molar-refractivity contribution is 5.17. The number of aromatic nitrogens is 2. The van der Waals surface area contributed by atoms with E-state index in [1.54, 1.807) is 0 Å². The van der Waals surface area contributed by atoms with E-state index in [1.165, 1.54) is 12.8 Å². The van der Waals surface area contributed by atoms with Crippen LogP contribution >= 0.6 is 0 Å². The minimum absolute atomic E-state index is 0.545. The molecule has 0 amide bonds. The number of nitrogens with one attached hydrogen (secondary N) is 2. The first kappa shape index (κ1) is 13.3. The van der Waals surface area contributed by atoms with Gasteiger partial charge in [0.1, 0.15) is 0 Å². The molecule has 18 heavy (non-hydrogen) atoms. The summed E-state index contributed by atoms with van der Waals surface area (Å²) in [5, 5.41) is 14.5. The van der Waals surface area contributed by atoms with E-state index < -0.39 is 0 Å². The largest absolute Gasteiger partial charge is 0.407 e. The molecule has 1 aliphatic carbocycles. The van der Waals surface area contributed by atoms with Crippen molar-refractivity contribution in [3.05, 3.63) is 5.89 Å². The van der Waals surface area contributed by atoms with E-state index in [1.807, 2.05) is 0 Å². The van der Waals surface area contributed by atoms with Crippen LogP contribution in [0.1, 0.15) is 39.5 Å². The molecule has 0 aromatic carbocycles. The third-order valence-electron chi connectivity index (χ3n) is 3.30. The summed E-state index contributed by atoms with van der Waals surface area (Å²) in [6, 6.07) is 0.545. The summed E-state index contributed by atoms with van der Waals surface area (Å²) >= 11 is 0. The summed E-state index contributed by atoms with van der Waals surface area (Å²) < 4.78 is 5.52. The highest BCUT2D eigenvalue weighted by Crippen LogP contribution is 2.36. The first-order chi connectivity index (χ1) is 8.65. The number of nitrogens with zero attached hydrogens (tertiary/aromatic N) is 2. The lowest BCUT2D eigenvalue weighted by atomic mass is 10.1. The predicted octanol–water partition coefficient (Wildman–Crippen LogP) is 2.27. The molecule has 1 aliphatic rings.